The van der Waals surface area contributed by atoms with Crippen molar-refractivity contribution in [1.29, 1.82) is 0 Å². The molecule has 2 aromatic carbocycles. The smallest absolute Gasteiger partial charge is 0.337 e. The molecule has 0 bridgehead atoms. The molecule has 8 heteroatoms. The van der Waals surface area contributed by atoms with Crippen molar-refractivity contribution in [2.45, 2.75) is 18.6 Å². The van der Waals surface area contributed by atoms with Crippen LogP contribution in [0, 0.1) is 6.92 Å². The van der Waals surface area contributed by atoms with Gasteiger partial charge in [0.15, 0.2) is 11.0 Å². The normalized spacial score (nSPS) is 10.5. The van der Waals surface area contributed by atoms with Crippen molar-refractivity contribution in [2.75, 3.05) is 18.2 Å². The predicted molar refractivity (Wildman–Crippen MR) is 118 cm³/mol. The van der Waals surface area contributed by atoms with Gasteiger partial charge in [0.05, 0.1) is 18.4 Å². The molecule has 154 valence electrons. The van der Waals surface area contributed by atoms with Crippen molar-refractivity contribution in [1.82, 2.24) is 14.8 Å². The van der Waals surface area contributed by atoms with Crippen LogP contribution in [-0.2, 0) is 16.1 Å². The number of benzene rings is 2. The average molecular weight is 423 g/mol. The highest BCUT2D eigenvalue weighted by Crippen LogP contribution is 2.26. The van der Waals surface area contributed by atoms with E-state index in [4.69, 9.17) is 4.74 Å². The summed E-state index contributed by atoms with van der Waals surface area (Å²) in [4.78, 5) is 24.1. The van der Waals surface area contributed by atoms with Crippen LogP contribution in [0.3, 0.4) is 0 Å². The van der Waals surface area contributed by atoms with Crippen molar-refractivity contribution >= 4 is 29.3 Å². The molecule has 3 aromatic rings. The molecule has 0 unspecified atom stereocenters. The summed E-state index contributed by atoms with van der Waals surface area (Å²) in [5, 5.41) is 12.0. The third kappa shape index (κ3) is 4.96. The minimum absolute atomic E-state index is 0.144. The van der Waals surface area contributed by atoms with Crippen LogP contribution in [0.5, 0.6) is 0 Å². The predicted octanol–water partition coefficient (Wildman–Crippen LogP) is 3.96. The SMILES string of the molecule is C=CCn1c(SCC(=O)Nc2cccc(C(=O)OC)c2)nnc1-c1ccccc1C. The highest BCUT2D eigenvalue weighted by molar-refractivity contribution is 7.99. The summed E-state index contributed by atoms with van der Waals surface area (Å²) >= 11 is 1.29. The van der Waals surface area contributed by atoms with E-state index in [-0.39, 0.29) is 11.7 Å². The van der Waals surface area contributed by atoms with E-state index in [0.717, 1.165) is 17.0 Å². The number of nitrogens with zero attached hydrogens (tertiary/aromatic N) is 3. The van der Waals surface area contributed by atoms with Gasteiger partial charge in [0.1, 0.15) is 0 Å². The van der Waals surface area contributed by atoms with Crippen LogP contribution in [0.15, 0.2) is 66.3 Å². The van der Waals surface area contributed by atoms with Gasteiger partial charge in [-0.05, 0) is 30.7 Å². The monoisotopic (exact) mass is 422 g/mol. The second-order valence-corrected chi connectivity index (χ2v) is 7.37. The van der Waals surface area contributed by atoms with Crippen molar-refractivity contribution in [2.24, 2.45) is 0 Å². The van der Waals surface area contributed by atoms with Gasteiger partial charge in [-0.3, -0.25) is 9.36 Å². The van der Waals surface area contributed by atoms with Crippen LogP contribution in [0.1, 0.15) is 15.9 Å². The first-order chi connectivity index (χ1) is 14.5. The standard InChI is InChI=1S/C22H22N4O3S/c1-4-12-26-20(18-11-6-5-8-15(18)2)24-25-22(26)30-14-19(27)23-17-10-7-9-16(13-17)21(28)29-3/h4-11,13H,1,12,14H2,2-3H3,(H,23,27). The van der Waals surface area contributed by atoms with Gasteiger partial charge in [-0.2, -0.15) is 0 Å². The zero-order valence-electron chi connectivity index (χ0n) is 16.8. The van der Waals surface area contributed by atoms with Gasteiger partial charge in [0, 0.05) is 17.8 Å². The highest BCUT2D eigenvalue weighted by atomic mass is 32.2. The van der Waals surface area contributed by atoms with Crippen molar-refractivity contribution in [3.8, 4) is 11.4 Å². The quantitative estimate of drug-likeness (QED) is 0.336. The molecule has 0 fully saturated rings. The van der Waals surface area contributed by atoms with Gasteiger partial charge < -0.3 is 10.1 Å². The first-order valence-corrected chi connectivity index (χ1v) is 10.2. The second-order valence-electron chi connectivity index (χ2n) is 6.43. The van der Waals surface area contributed by atoms with Crippen molar-refractivity contribution in [3.05, 3.63) is 72.3 Å². The minimum Gasteiger partial charge on any atom is -0.465 e. The molecular weight excluding hydrogens is 400 g/mol. The Bertz CT molecular complexity index is 1080. The third-order valence-corrected chi connectivity index (χ3v) is 5.28. The van der Waals surface area contributed by atoms with Crippen molar-refractivity contribution < 1.29 is 14.3 Å². The number of carbonyl (C=O) groups is 2. The summed E-state index contributed by atoms with van der Waals surface area (Å²) in [7, 11) is 1.31. The lowest BCUT2D eigenvalue weighted by molar-refractivity contribution is -0.113. The van der Waals surface area contributed by atoms with Crippen molar-refractivity contribution in [3.63, 3.8) is 0 Å². The van der Waals surface area contributed by atoms with Crippen LogP contribution < -0.4 is 5.32 Å². The van der Waals surface area contributed by atoms with Gasteiger partial charge in [0.25, 0.3) is 0 Å². The van der Waals surface area contributed by atoms with Gasteiger partial charge in [-0.25, -0.2) is 4.79 Å². The maximum atomic E-state index is 12.4. The number of amides is 1. The number of esters is 1. The van der Waals surface area contributed by atoms with Gasteiger partial charge in [0.2, 0.25) is 5.91 Å². The van der Waals surface area contributed by atoms with E-state index in [2.05, 4.69) is 22.1 Å². The fourth-order valence-electron chi connectivity index (χ4n) is 2.88. The summed E-state index contributed by atoms with van der Waals surface area (Å²) in [6, 6.07) is 14.5. The number of anilines is 1. The fraction of sp³-hybridized carbons (Fsp3) is 0.182. The molecule has 1 aromatic heterocycles. The minimum atomic E-state index is -0.457. The summed E-state index contributed by atoms with van der Waals surface area (Å²) in [5.74, 6) is 0.210. The molecular formula is C22H22N4O3S. The number of carbonyl (C=O) groups excluding carboxylic acids is 2. The van der Waals surface area contributed by atoms with E-state index in [1.165, 1.54) is 18.9 Å². The van der Waals surface area contributed by atoms with Gasteiger partial charge >= 0.3 is 5.97 Å². The molecule has 1 amide bonds. The molecule has 0 aliphatic rings. The molecule has 7 nitrogen and oxygen atoms in total. The summed E-state index contributed by atoms with van der Waals surface area (Å²) in [6.07, 6.45) is 1.77. The van der Waals surface area contributed by atoms with E-state index in [1.54, 1.807) is 30.3 Å². The zero-order valence-corrected chi connectivity index (χ0v) is 17.6. The van der Waals surface area contributed by atoms with E-state index in [0.29, 0.717) is 23.0 Å². The molecule has 0 spiro atoms. The first kappa shape index (κ1) is 21.3. The molecule has 0 saturated carbocycles. The molecule has 1 N–H and O–H groups in total. The molecule has 0 saturated heterocycles. The zero-order chi connectivity index (χ0) is 21.5. The first-order valence-electron chi connectivity index (χ1n) is 9.24. The second kappa shape index (κ2) is 9.89. The Morgan fingerprint density at radius 2 is 2.00 bits per heavy atom. The number of ether oxygens (including phenoxy) is 1. The third-order valence-electron chi connectivity index (χ3n) is 4.31. The van der Waals surface area contributed by atoms with Crippen LogP contribution >= 0.6 is 11.8 Å². The summed E-state index contributed by atoms with van der Waals surface area (Å²) < 4.78 is 6.64. The van der Waals surface area contributed by atoms with E-state index >= 15 is 0 Å². The number of thioether (sulfide) groups is 1. The fourth-order valence-corrected chi connectivity index (χ4v) is 3.63. The van der Waals surface area contributed by atoms with Gasteiger partial charge in [-0.1, -0.05) is 48.2 Å². The lowest BCUT2D eigenvalue weighted by atomic mass is 10.1. The summed E-state index contributed by atoms with van der Waals surface area (Å²) in [5.41, 5.74) is 2.98. The Kier molecular flexibility index (Phi) is 7.03. The number of aromatic nitrogens is 3. The lowest BCUT2D eigenvalue weighted by Gasteiger charge is -2.10. The van der Waals surface area contributed by atoms with Crippen LogP contribution in [0.4, 0.5) is 5.69 Å². The maximum absolute atomic E-state index is 12.4. The number of hydrogen-bond acceptors (Lipinski definition) is 6. The van der Waals surface area contributed by atoms with E-state index in [9.17, 15) is 9.59 Å². The van der Waals surface area contributed by atoms with Crippen LogP contribution in [0.25, 0.3) is 11.4 Å². The van der Waals surface area contributed by atoms with Gasteiger partial charge in [-0.15, -0.1) is 16.8 Å². The van der Waals surface area contributed by atoms with Crippen LogP contribution in [0.2, 0.25) is 0 Å². The number of methoxy groups -OCH3 is 1. The maximum Gasteiger partial charge on any atom is 0.337 e. The number of rotatable bonds is 8. The Labute approximate surface area is 179 Å². The van der Waals surface area contributed by atoms with E-state index < -0.39 is 5.97 Å². The molecule has 0 radical (unpaired) electrons. The lowest BCUT2D eigenvalue weighted by Crippen LogP contribution is -2.15. The molecule has 0 aliphatic heterocycles. The number of aryl methyl sites for hydroxylation is 1. The number of hydrogen-bond donors (Lipinski definition) is 1. The van der Waals surface area contributed by atoms with Crippen LogP contribution in [-0.4, -0.2) is 39.5 Å². The Morgan fingerprint density at radius 3 is 2.73 bits per heavy atom. The molecule has 0 aliphatic carbocycles. The topological polar surface area (TPSA) is 86.1 Å². The average Bonchev–Trinajstić information content (AvgIpc) is 3.15. The number of nitrogens with one attached hydrogen (secondary N) is 1. The molecule has 1 heterocycles. The Hall–Kier alpha value is -3.39. The highest BCUT2D eigenvalue weighted by Gasteiger charge is 2.16. The molecule has 30 heavy (non-hydrogen) atoms. The molecule has 0 atom stereocenters. The Morgan fingerprint density at radius 1 is 1.20 bits per heavy atom. The van der Waals surface area contributed by atoms with E-state index in [1.807, 2.05) is 35.8 Å². The Balaban J connectivity index is 1.71. The number of allylic oxidation sites excluding steroid dienone is 1. The molecule has 3 rings (SSSR count). The summed E-state index contributed by atoms with van der Waals surface area (Å²) in [6.45, 7) is 6.36. The largest absolute Gasteiger partial charge is 0.465 e.